The van der Waals surface area contributed by atoms with E-state index in [2.05, 4.69) is 22.2 Å². The molecule has 5 nitrogen and oxygen atoms in total. The summed E-state index contributed by atoms with van der Waals surface area (Å²) in [5, 5.41) is 8.11. The van der Waals surface area contributed by atoms with Crippen LogP contribution in [0.2, 0.25) is 5.02 Å². The second kappa shape index (κ2) is 5.97. The van der Waals surface area contributed by atoms with Crippen LogP contribution in [0.1, 0.15) is 39.0 Å². The van der Waals surface area contributed by atoms with Crippen LogP contribution in [0.5, 0.6) is 0 Å². The number of aromatic nitrogens is 2. The van der Waals surface area contributed by atoms with E-state index in [1.807, 2.05) is 0 Å². The standard InChI is InChI=1S/C15H23ClN4O/c1-3-6-20(12-7-10-4-5-11(8-12)18-10)13-9-17-19(2)15(21)14(13)16/h9-12,18H,3-8H2,1-2H3. The Morgan fingerprint density at radius 3 is 2.71 bits per heavy atom. The Labute approximate surface area is 130 Å². The molecule has 116 valence electrons. The van der Waals surface area contributed by atoms with Gasteiger partial charge in [-0.15, -0.1) is 0 Å². The normalized spacial score (nSPS) is 27.9. The lowest BCUT2D eigenvalue weighted by Gasteiger charge is -2.39. The van der Waals surface area contributed by atoms with Gasteiger partial charge in [-0.3, -0.25) is 4.79 Å². The largest absolute Gasteiger partial charge is 0.366 e. The first-order valence-electron chi connectivity index (χ1n) is 7.84. The van der Waals surface area contributed by atoms with Crippen molar-refractivity contribution in [3.63, 3.8) is 0 Å². The van der Waals surface area contributed by atoms with Crippen LogP contribution in [-0.2, 0) is 7.05 Å². The molecule has 3 rings (SSSR count). The van der Waals surface area contributed by atoms with Gasteiger partial charge in [-0.05, 0) is 32.1 Å². The third kappa shape index (κ3) is 2.81. The third-order valence-corrected chi connectivity index (χ3v) is 5.08. The molecule has 2 unspecified atom stereocenters. The maximum absolute atomic E-state index is 12.1. The zero-order chi connectivity index (χ0) is 15.0. The van der Waals surface area contributed by atoms with E-state index < -0.39 is 0 Å². The molecule has 0 radical (unpaired) electrons. The summed E-state index contributed by atoms with van der Waals surface area (Å²) < 4.78 is 1.29. The number of rotatable bonds is 4. The lowest BCUT2D eigenvalue weighted by atomic mass is 9.97. The first-order chi connectivity index (χ1) is 10.1. The van der Waals surface area contributed by atoms with Gasteiger partial charge in [0.2, 0.25) is 0 Å². The lowest BCUT2D eigenvalue weighted by molar-refractivity contribution is 0.346. The number of aryl methyl sites for hydroxylation is 1. The highest BCUT2D eigenvalue weighted by Gasteiger charge is 2.36. The molecular weight excluding hydrogens is 288 g/mol. The van der Waals surface area contributed by atoms with E-state index in [-0.39, 0.29) is 5.56 Å². The number of fused-ring (bicyclic) bond motifs is 2. The summed E-state index contributed by atoms with van der Waals surface area (Å²) >= 11 is 6.31. The molecule has 2 saturated heterocycles. The van der Waals surface area contributed by atoms with Crippen LogP contribution in [0.4, 0.5) is 5.69 Å². The SMILES string of the molecule is CCCN(c1cnn(C)c(=O)c1Cl)C1CC2CCC(C1)N2. The molecule has 1 N–H and O–H groups in total. The summed E-state index contributed by atoms with van der Waals surface area (Å²) in [7, 11) is 1.63. The van der Waals surface area contributed by atoms with E-state index in [0.717, 1.165) is 31.5 Å². The summed E-state index contributed by atoms with van der Waals surface area (Å²) in [6.45, 7) is 3.07. The Morgan fingerprint density at radius 2 is 2.10 bits per heavy atom. The Bertz CT molecular complexity index is 561. The highest BCUT2D eigenvalue weighted by molar-refractivity contribution is 6.33. The van der Waals surface area contributed by atoms with Crippen molar-refractivity contribution in [3.05, 3.63) is 21.6 Å². The Hall–Kier alpha value is -1.07. The van der Waals surface area contributed by atoms with Gasteiger partial charge in [0.05, 0.1) is 11.9 Å². The minimum absolute atomic E-state index is 0.216. The number of hydrogen-bond donors (Lipinski definition) is 1. The number of halogens is 1. The molecule has 0 saturated carbocycles. The third-order valence-electron chi connectivity index (χ3n) is 4.72. The van der Waals surface area contributed by atoms with Crippen LogP contribution in [0, 0.1) is 0 Å². The molecule has 3 heterocycles. The van der Waals surface area contributed by atoms with E-state index in [4.69, 9.17) is 11.6 Å². The van der Waals surface area contributed by atoms with Gasteiger partial charge in [0.1, 0.15) is 5.02 Å². The fraction of sp³-hybridized carbons (Fsp3) is 0.733. The van der Waals surface area contributed by atoms with E-state index in [9.17, 15) is 4.79 Å². The summed E-state index contributed by atoms with van der Waals surface area (Å²) in [5.41, 5.74) is 0.583. The first kappa shape index (κ1) is 14.9. The molecule has 6 heteroatoms. The van der Waals surface area contributed by atoms with Crippen molar-refractivity contribution >= 4 is 17.3 Å². The average molecular weight is 311 g/mol. The summed E-state index contributed by atoms with van der Waals surface area (Å²) in [6, 6.07) is 1.69. The summed E-state index contributed by atoms with van der Waals surface area (Å²) in [5.74, 6) is 0. The fourth-order valence-electron chi connectivity index (χ4n) is 3.72. The summed E-state index contributed by atoms with van der Waals surface area (Å²) in [6.07, 6.45) is 7.56. The van der Waals surface area contributed by atoms with Crippen LogP contribution in [0.25, 0.3) is 0 Å². The molecule has 2 bridgehead atoms. The minimum atomic E-state index is -0.216. The molecule has 2 fully saturated rings. The van der Waals surface area contributed by atoms with E-state index in [1.165, 1.54) is 17.5 Å². The van der Waals surface area contributed by atoms with Crippen molar-refractivity contribution < 1.29 is 0 Å². The highest BCUT2D eigenvalue weighted by Crippen LogP contribution is 2.33. The van der Waals surface area contributed by atoms with Gasteiger partial charge in [-0.2, -0.15) is 5.10 Å². The monoisotopic (exact) mass is 310 g/mol. The van der Waals surface area contributed by atoms with Crippen molar-refractivity contribution in [2.24, 2.45) is 7.05 Å². The number of anilines is 1. The number of nitrogens with one attached hydrogen (secondary N) is 1. The zero-order valence-electron chi connectivity index (χ0n) is 12.7. The molecule has 0 spiro atoms. The van der Waals surface area contributed by atoms with E-state index in [0.29, 0.717) is 23.1 Å². The van der Waals surface area contributed by atoms with Gasteiger partial charge < -0.3 is 10.2 Å². The zero-order valence-corrected chi connectivity index (χ0v) is 13.4. The molecule has 0 amide bonds. The van der Waals surface area contributed by atoms with Crippen LogP contribution < -0.4 is 15.8 Å². The fourth-order valence-corrected chi connectivity index (χ4v) is 4.00. The highest BCUT2D eigenvalue weighted by atomic mass is 35.5. The number of nitrogens with zero attached hydrogens (tertiary/aromatic N) is 3. The van der Waals surface area contributed by atoms with Crippen LogP contribution in [0.15, 0.2) is 11.0 Å². The lowest BCUT2D eigenvalue weighted by Crippen LogP contribution is -2.49. The molecule has 0 aromatic carbocycles. The maximum atomic E-state index is 12.1. The van der Waals surface area contributed by atoms with E-state index in [1.54, 1.807) is 13.2 Å². The van der Waals surface area contributed by atoms with Gasteiger partial charge in [0.25, 0.3) is 5.56 Å². The second-order valence-corrected chi connectivity index (χ2v) is 6.61. The Kier molecular flexibility index (Phi) is 4.22. The van der Waals surface area contributed by atoms with Gasteiger partial charge in [0.15, 0.2) is 0 Å². The molecule has 1 aromatic heterocycles. The van der Waals surface area contributed by atoms with Crippen LogP contribution >= 0.6 is 11.6 Å². The molecule has 21 heavy (non-hydrogen) atoms. The minimum Gasteiger partial charge on any atom is -0.366 e. The molecular formula is C15H23ClN4O. The molecule has 1 aromatic rings. The van der Waals surface area contributed by atoms with Crippen LogP contribution in [-0.4, -0.2) is 34.5 Å². The predicted octanol–water partition coefficient (Wildman–Crippen LogP) is 1.93. The molecule has 0 aliphatic carbocycles. The Morgan fingerprint density at radius 1 is 1.43 bits per heavy atom. The molecule has 2 aliphatic rings. The van der Waals surface area contributed by atoms with Crippen molar-refractivity contribution in [2.75, 3.05) is 11.4 Å². The quantitative estimate of drug-likeness (QED) is 0.923. The topological polar surface area (TPSA) is 50.2 Å². The van der Waals surface area contributed by atoms with Gasteiger partial charge in [0, 0.05) is 31.7 Å². The molecule has 2 atom stereocenters. The number of piperidine rings is 1. The van der Waals surface area contributed by atoms with Gasteiger partial charge in [-0.1, -0.05) is 18.5 Å². The summed E-state index contributed by atoms with van der Waals surface area (Å²) in [4.78, 5) is 14.4. The predicted molar refractivity (Wildman–Crippen MR) is 85.1 cm³/mol. The molecule has 2 aliphatic heterocycles. The Balaban J connectivity index is 1.91. The smallest absolute Gasteiger partial charge is 0.287 e. The van der Waals surface area contributed by atoms with Gasteiger partial charge >= 0.3 is 0 Å². The number of hydrogen-bond acceptors (Lipinski definition) is 4. The van der Waals surface area contributed by atoms with E-state index >= 15 is 0 Å². The van der Waals surface area contributed by atoms with Crippen molar-refractivity contribution in [1.82, 2.24) is 15.1 Å². The second-order valence-electron chi connectivity index (χ2n) is 6.23. The van der Waals surface area contributed by atoms with Crippen molar-refractivity contribution in [1.29, 1.82) is 0 Å². The van der Waals surface area contributed by atoms with Crippen molar-refractivity contribution in [3.8, 4) is 0 Å². The average Bonchev–Trinajstić information content (AvgIpc) is 2.82. The van der Waals surface area contributed by atoms with Crippen LogP contribution in [0.3, 0.4) is 0 Å². The first-order valence-corrected chi connectivity index (χ1v) is 8.22. The van der Waals surface area contributed by atoms with Gasteiger partial charge in [-0.25, -0.2) is 4.68 Å². The van der Waals surface area contributed by atoms with Crippen molar-refractivity contribution in [2.45, 2.75) is 57.2 Å². The maximum Gasteiger partial charge on any atom is 0.287 e.